The van der Waals surface area contributed by atoms with Crippen molar-refractivity contribution < 1.29 is 14.3 Å². The Kier molecular flexibility index (Phi) is 5.44. The lowest BCUT2D eigenvalue weighted by Gasteiger charge is -2.12. The van der Waals surface area contributed by atoms with Crippen molar-refractivity contribution in [2.24, 2.45) is 5.73 Å². The van der Waals surface area contributed by atoms with Crippen molar-refractivity contribution in [2.75, 3.05) is 6.61 Å². The molecular formula is C13H18ClNO3. The van der Waals surface area contributed by atoms with Gasteiger partial charge in [-0.1, -0.05) is 17.7 Å². The predicted molar refractivity (Wildman–Crippen MR) is 70.8 cm³/mol. The van der Waals surface area contributed by atoms with Crippen LogP contribution in [0.1, 0.15) is 32.4 Å². The molecule has 100 valence electrons. The molecule has 0 radical (unpaired) electrons. The molecule has 0 aliphatic heterocycles. The molecule has 0 aromatic heterocycles. The zero-order valence-electron chi connectivity index (χ0n) is 10.8. The zero-order chi connectivity index (χ0) is 13.7. The fourth-order valence-electron chi connectivity index (χ4n) is 1.35. The van der Waals surface area contributed by atoms with E-state index in [2.05, 4.69) is 0 Å². The number of carbonyl (C=O) groups excluding carboxylic acids is 1. The van der Waals surface area contributed by atoms with Crippen molar-refractivity contribution in [2.45, 2.75) is 32.9 Å². The molecule has 0 saturated carbocycles. The summed E-state index contributed by atoms with van der Waals surface area (Å²) >= 11 is 6.03. The fourth-order valence-corrected chi connectivity index (χ4v) is 1.59. The van der Waals surface area contributed by atoms with E-state index in [1.807, 2.05) is 13.0 Å². The minimum Gasteiger partial charge on any atom is -0.480 e. The number of benzene rings is 1. The quantitative estimate of drug-likeness (QED) is 0.837. The Hall–Kier alpha value is -1.26. The van der Waals surface area contributed by atoms with Crippen LogP contribution >= 0.6 is 11.6 Å². The molecule has 0 spiro atoms. The van der Waals surface area contributed by atoms with Gasteiger partial charge in [-0.05, 0) is 38.5 Å². The summed E-state index contributed by atoms with van der Waals surface area (Å²) in [6.07, 6.45) is -0.156. The summed E-state index contributed by atoms with van der Waals surface area (Å²) < 4.78 is 10.2. The van der Waals surface area contributed by atoms with Crippen LogP contribution in [0.4, 0.5) is 0 Å². The van der Waals surface area contributed by atoms with Crippen LogP contribution in [0.25, 0.3) is 0 Å². The average molecular weight is 272 g/mol. The van der Waals surface area contributed by atoms with E-state index in [9.17, 15) is 4.79 Å². The molecule has 1 rings (SSSR count). The lowest BCUT2D eigenvalue weighted by molar-refractivity contribution is -0.149. The van der Waals surface area contributed by atoms with E-state index in [1.165, 1.54) is 0 Å². The lowest BCUT2D eigenvalue weighted by Crippen LogP contribution is -2.18. The molecule has 0 saturated heterocycles. The monoisotopic (exact) mass is 271 g/mol. The van der Waals surface area contributed by atoms with Crippen LogP contribution in [0.3, 0.4) is 0 Å². The first-order valence-electron chi connectivity index (χ1n) is 5.77. The Bertz CT molecular complexity index is 419. The summed E-state index contributed by atoms with van der Waals surface area (Å²) in [5.41, 5.74) is 6.65. The van der Waals surface area contributed by atoms with E-state index in [0.29, 0.717) is 10.8 Å². The van der Waals surface area contributed by atoms with Gasteiger partial charge in [-0.2, -0.15) is 0 Å². The van der Waals surface area contributed by atoms with Gasteiger partial charge in [0.1, 0.15) is 5.75 Å². The molecular weight excluding hydrogens is 254 g/mol. The highest BCUT2D eigenvalue weighted by molar-refractivity contribution is 6.32. The summed E-state index contributed by atoms with van der Waals surface area (Å²) in [6.45, 7) is 5.27. The number of nitrogens with two attached hydrogens (primary N) is 1. The Morgan fingerprint density at radius 3 is 2.56 bits per heavy atom. The van der Waals surface area contributed by atoms with Crippen molar-refractivity contribution in [1.82, 2.24) is 0 Å². The minimum absolute atomic E-state index is 0.0949. The summed E-state index contributed by atoms with van der Waals surface area (Å²) in [4.78, 5) is 11.3. The number of esters is 1. The molecule has 0 bridgehead atoms. The van der Waals surface area contributed by atoms with Gasteiger partial charge in [-0.3, -0.25) is 0 Å². The van der Waals surface area contributed by atoms with Gasteiger partial charge in [0.2, 0.25) is 0 Å². The Morgan fingerprint density at radius 1 is 1.39 bits per heavy atom. The molecule has 1 atom stereocenters. The molecule has 5 heteroatoms. The van der Waals surface area contributed by atoms with E-state index in [1.54, 1.807) is 26.0 Å². The van der Waals surface area contributed by atoms with Crippen molar-refractivity contribution in [1.29, 1.82) is 0 Å². The molecule has 0 fully saturated rings. The second-order valence-corrected chi connectivity index (χ2v) is 4.71. The van der Waals surface area contributed by atoms with Crippen LogP contribution in [0.2, 0.25) is 5.02 Å². The second-order valence-electron chi connectivity index (χ2n) is 4.31. The van der Waals surface area contributed by atoms with Gasteiger partial charge in [0.05, 0.1) is 11.1 Å². The molecule has 1 aromatic rings. The molecule has 4 nitrogen and oxygen atoms in total. The summed E-state index contributed by atoms with van der Waals surface area (Å²) in [6, 6.07) is 5.15. The summed E-state index contributed by atoms with van der Waals surface area (Å²) in [5.74, 6) is 0.0270. The normalized spacial score (nSPS) is 12.3. The van der Waals surface area contributed by atoms with E-state index in [0.717, 1.165) is 5.56 Å². The molecule has 0 amide bonds. The van der Waals surface area contributed by atoms with Crippen LogP contribution in [0.5, 0.6) is 5.75 Å². The van der Waals surface area contributed by atoms with E-state index in [4.69, 9.17) is 26.8 Å². The van der Waals surface area contributed by atoms with Gasteiger partial charge < -0.3 is 15.2 Å². The van der Waals surface area contributed by atoms with Crippen LogP contribution < -0.4 is 10.5 Å². The largest absolute Gasteiger partial charge is 0.480 e. The molecule has 0 unspecified atom stereocenters. The van der Waals surface area contributed by atoms with E-state index in [-0.39, 0.29) is 18.8 Å². The number of carbonyl (C=O) groups is 1. The van der Waals surface area contributed by atoms with Gasteiger partial charge in [0, 0.05) is 6.04 Å². The van der Waals surface area contributed by atoms with Crippen LogP contribution in [0, 0.1) is 0 Å². The molecule has 18 heavy (non-hydrogen) atoms. The highest BCUT2D eigenvalue weighted by atomic mass is 35.5. The highest BCUT2D eigenvalue weighted by Gasteiger charge is 2.10. The maximum atomic E-state index is 11.3. The maximum absolute atomic E-state index is 11.3. The number of hydrogen-bond acceptors (Lipinski definition) is 4. The predicted octanol–water partition coefficient (Wildman–Crippen LogP) is 2.69. The SMILES string of the molecule is CC(C)OC(=O)COc1ccc([C@@H](C)N)cc1Cl. The van der Waals surface area contributed by atoms with Crippen LogP contribution in [-0.2, 0) is 9.53 Å². The highest BCUT2D eigenvalue weighted by Crippen LogP contribution is 2.27. The average Bonchev–Trinajstić information content (AvgIpc) is 2.26. The zero-order valence-corrected chi connectivity index (χ0v) is 11.5. The maximum Gasteiger partial charge on any atom is 0.344 e. The lowest BCUT2D eigenvalue weighted by atomic mass is 10.1. The minimum atomic E-state index is -0.419. The number of hydrogen-bond donors (Lipinski definition) is 1. The first-order chi connectivity index (χ1) is 8.40. The van der Waals surface area contributed by atoms with Gasteiger partial charge in [-0.25, -0.2) is 4.79 Å². The smallest absolute Gasteiger partial charge is 0.344 e. The first-order valence-corrected chi connectivity index (χ1v) is 6.15. The molecule has 0 heterocycles. The number of rotatable bonds is 5. The molecule has 0 aliphatic rings. The van der Waals surface area contributed by atoms with Crippen molar-refractivity contribution >= 4 is 17.6 Å². The van der Waals surface area contributed by atoms with Gasteiger partial charge >= 0.3 is 5.97 Å². The Labute approximate surface area is 112 Å². The summed E-state index contributed by atoms with van der Waals surface area (Å²) in [5, 5.41) is 0.433. The van der Waals surface area contributed by atoms with Crippen molar-refractivity contribution in [3.05, 3.63) is 28.8 Å². The van der Waals surface area contributed by atoms with Gasteiger partial charge in [-0.15, -0.1) is 0 Å². The summed E-state index contributed by atoms with van der Waals surface area (Å²) in [7, 11) is 0. The number of ether oxygens (including phenoxy) is 2. The van der Waals surface area contributed by atoms with Crippen molar-refractivity contribution in [3.8, 4) is 5.75 Å². The van der Waals surface area contributed by atoms with E-state index < -0.39 is 5.97 Å². The molecule has 2 N–H and O–H groups in total. The fraction of sp³-hybridized carbons (Fsp3) is 0.462. The van der Waals surface area contributed by atoms with Gasteiger partial charge in [0.15, 0.2) is 6.61 Å². The molecule has 1 aromatic carbocycles. The standard InChI is InChI=1S/C13H18ClNO3/c1-8(2)18-13(16)7-17-12-5-4-10(9(3)15)6-11(12)14/h4-6,8-9H,7,15H2,1-3H3/t9-/m1/s1. The third-order valence-electron chi connectivity index (χ3n) is 2.19. The molecule has 0 aliphatic carbocycles. The Balaban J connectivity index is 2.60. The first kappa shape index (κ1) is 14.8. The second kappa shape index (κ2) is 6.61. The van der Waals surface area contributed by atoms with Crippen LogP contribution in [0.15, 0.2) is 18.2 Å². The van der Waals surface area contributed by atoms with E-state index >= 15 is 0 Å². The Morgan fingerprint density at radius 2 is 2.06 bits per heavy atom. The van der Waals surface area contributed by atoms with Crippen molar-refractivity contribution in [3.63, 3.8) is 0 Å². The topological polar surface area (TPSA) is 61.5 Å². The van der Waals surface area contributed by atoms with Gasteiger partial charge in [0.25, 0.3) is 0 Å². The number of halogens is 1. The third kappa shape index (κ3) is 4.55. The third-order valence-corrected chi connectivity index (χ3v) is 2.49. The van der Waals surface area contributed by atoms with Crippen LogP contribution in [-0.4, -0.2) is 18.7 Å².